The fourth-order valence-corrected chi connectivity index (χ4v) is 2.09. The number of halogens is 2. The summed E-state index contributed by atoms with van der Waals surface area (Å²) in [5, 5.41) is 0. The molecule has 1 aromatic heterocycles. The van der Waals surface area contributed by atoms with Crippen LogP contribution < -0.4 is 10.6 Å². The molecule has 4 nitrogen and oxygen atoms in total. The van der Waals surface area contributed by atoms with Gasteiger partial charge in [-0.05, 0) is 19.8 Å². The van der Waals surface area contributed by atoms with Gasteiger partial charge >= 0.3 is 0 Å². The highest BCUT2D eigenvalue weighted by molar-refractivity contribution is 5.47. The number of aromatic nitrogens is 1. The van der Waals surface area contributed by atoms with Gasteiger partial charge in [0, 0.05) is 25.8 Å². The highest BCUT2D eigenvalue weighted by Crippen LogP contribution is 2.22. The molecule has 0 saturated carbocycles. The first-order chi connectivity index (χ1) is 8.61. The van der Waals surface area contributed by atoms with E-state index in [2.05, 4.69) is 4.98 Å². The molecule has 18 heavy (non-hydrogen) atoms. The highest BCUT2D eigenvalue weighted by Gasteiger charge is 2.22. The maximum atomic E-state index is 13.7. The first-order valence-corrected chi connectivity index (χ1v) is 6.10. The molecular formula is C12H17F2N3O. The van der Waals surface area contributed by atoms with Crippen molar-refractivity contribution in [3.05, 3.63) is 17.7 Å². The fraction of sp³-hybridized carbons (Fsp3) is 0.583. The number of nitrogen functional groups attached to an aromatic ring is 1. The highest BCUT2D eigenvalue weighted by atomic mass is 19.1. The van der Waals surface area contributed by atoms with Crippen LogP contribution in [0.2, 0.25) is 0 Å². The Morgan fingerprint density at radius 2 is 2.28 bits per heavy atom. The average molecular weight is 257 g/mol. The Morgan fingerprint density at radius 3 is 2.89 bits per heavy atom. The van der Waals surface area contributed by atoms with E-state index >= 15 is 0 Å². The first-order valence-electron chi connectivity index (χ1n) is 6.10. The molecule has 0 amide bonds. The van der Waals surface area contributed by atoms with Crippen LogP contribution in [0, 0.1) is 11.6 Å². The van der Waals surface area contributed by atoms with E-state index < -0.39 is 11.6 Å². The van der Waals surface area contributed by atoms with Crippen LogP contribution in [0.15, 0.2) is 6.07 Å². The van der Waals surface area contributed by atoms with Crippen LogP contribution in [0.5, 0.6) is 0 Å². The van der Waals surface area contributed by atoms with Crippen molar-refractivity contribution < 1.29 is 13.5 Å². The number of rotatable bonds is 4. The molecule has 0 radical (unpaired) electrons. The number of hydrogen-bond donors (Lipinski definition) is 1. The lowest BCUT2D eigenvalue weighted by molar-refractivity contribution is 0.115. The van der Waals surface area contributed by atoms with Crippen LogP contribution in [0.1, 0.15) is 19.8 Å². The van der Waals surface area contributed by atoms with Gasteiger partial charge in [0.2, 0.25) is 0 Å². The number of ether oxygens (including phenoxy) is 1. The van der Waals surface area contributed by atoms with E-state index in [9.17, 15) is 8.78 Å². The summed E-state index contributed by atoms with van der Waals surface area (Å²) in [7, 11) is 0. The van der Waals surface area contributed by atoms with Crippen molar-refractivity contribution in [3.8, 4) is 0 Å². The van der Waals surface area contributed by atoms with Gasteiger partial charge < -0.3 is 15.4 Å². The van der Waals surface area contributed by atoms with Crippen molar-refractivity contribution in [2.45, 2.75) is 25.9 Å². The van der Waals surface area contributed by atoms with Crippen LogP contribution >= 0.6 is 0 Å². The largest absolute Gasteiger partial charge is 0.381 e. The predicted octanol–water partition coefficient (Wildman–Crippen LogP) is 1.95. The number of nitrogens with zero attached hydrogens (tertiary/aromatic N) is 2. The molecule has 1 saturated heterocycles. The Balaban J connectivity index is 2.18. The lowest BCUT2D eigenvalue weighted by Gasteiger charge is -2.25. The molecule has 0 spiro atoms. The Hall–Kier alpha value is -1.43. The maximum absolute atomic E-state index is 13.7. The number of hydrogen-bond acceptors (Lipinski definition) is 4. The summed E-state index contributed by atoms with van der Waals surface area (Å²) >= 11 is 0. The molecule has 2 heterocycles. The maximum Gasteiger partial charge on any atom is 0.168 e. The fourth-order valence-electron chi connectivity index (χ4n) is 2.09. The minimum absolute atomic E-state index is 0.0810. The van der Waals surface area contributed by atoms with E-state index in [1.54, 1.807) is 4.90 Å². The summed E-state index contributed by atoms with van der Waals surface area (Å²) in [4.78, 5) is 5.51. The molecule has 100 valence electrons. The molecule has 1 fully saturated rings. The Labute approximate surface area is 105 Å². The quantitative estimate of drug-likeness (QED) is 0.895. The number of likely N-dealkylation sites (N-methyl/N-ethyl adjacent to an activating group) is 1. The van der Waals surface area contributed by atoms with Crippen molar-refractivity contribution in [3.63, 3.8) is 0 Å². The number of nitrogens with two attached hydrogens (primary N) is 1. The van der Waals surface area contributed by atoms with Crippen molar-refractivity contribution >= 4 is 11.6 Å². The van der Waals surface area contributed by atoms with Crippen molar-refractivity contribution in [2.75, 3.05) is 30.3 Å². The molecule has 0 aromatic carbocycles. The minimum Gasteiger partial charge on any atom is -0.381 e. The molecule has 2 rings (SSSR count). The minimum atomic E-state index is -0.829. The van der Waals surface area contributed by atoms with E-state index in [-0.39, 0.29) is 17.7 Å². The predicted molar refractivity (Wildman–Crippen MR) is 65.4 cm³/mol. The van der Waals surface area contributed by atoms with E-state index in [0.29, 0.717) is 13.1 Å². The topological polar surface area (TPSA) is 51.4 Å². The molecule has 1 aliphatic rings. The van der Waals surface area contributed by atoms with Crippen molar-refractivity contribution in [1.82, 2.24) is 4.98 Å². The number of pyridine rings is 1. The lowest BCUT2D eigenvalue weighted by Crippen LogP contribution is -2.33. The molecule has 0 bridgehead atoms. The molecule has 0 aliphatic carbocycles. The normalized spacial score (nSPS) is 19.2. The standard InChI is InChI=1S/C12H17F2N3O/c1-2-17(7-8-4-3-5-18-8)12-10(14)6-9(13)11(15)16-12/h6,8H,2-5,7H2,1H3,(H2,15,16). The molecule has 2 N–H and O–H groups in total. The third-order valence-corrected chi connectivity index (χ3v) is 3.07. The third-order valence-electron chi connectivity index (χ3n) is 3.07. The van der Waals surface area contributed by atoms with Crippen LogP contribution in [0.25, 0.3) is 0 Å². The number of anilines is 2. The van der Waals surface area contributed by atoms with Gasteiger partial charge in [0.15, 0.2) is 23.3 Å². The Kier molecular flexibility index (Phi) is 3.96. The summed E-state index contributed by atoms with van der Waals surface area (Å²) in [5.74, 6) is -1.71. The van der Waals surface area contributed by atoms with Gasteiger partial charge in [-0.25, -0.2) is 13.8 Å². The van der Waals surface area contributed by atoms with E-state index in [1.165, 1.54) is 0 Å². The van der Waals surface area contributed by atoms with Crippen LogP contribution in [0.3, 0.4) is 0 Å². The molecule has 6 heteroatoms. The van der Waals surface area contributed by atoms with Gasteiger partial charge in [-0.15, -0.1) is 0 Å². The van der Waals surface area contributed by atoms with Gasteiger partial charge in [0.25, 0.3) is 0 Å². The SMILES string of the molecule is CCN(CC1CCCO1)c1nc(N)c(F)cc1F. The molecule has 1 atom stereocenters. The average Bonchev–Trinajstić information content (AvgIpc) is 2.84. The van der Waals surface area contributed by atoms with E-state index in [4.69, 9.17) is 10.5 Å². The van der Waals surface area contributed by atoms with Crippen LogP contribution in [-0.2, 0) is 4.74 Å². The summed E-state index contributed by atoms with van der Waals surface area (Å²) in [6.07, 6.45) is 2.05. The summed E-state index contributed by atoms with van der Waals surface area (Å²) < 4.78 is 32.3. The smallest absolute Gasteiger partial charge is 0.168 e. The van der Waals surface area contributed by atoms with Gasteiger partial charge in [0.05, 0.1) is 6.10 Å². The zero-order valence-corrected chi connectivity index (χ0v) is 10.3. The summed E-state index contributed by atoms with van der Waals surface area (Å²) in [6.45, 7) is 3.74. The van der Waals surface area contributed by atoms with Gasteiger partial charge in [0.1, 0.15) is 0 Å². The van der Waals surface area contributed by atoms with Crippen LogP contribution in [-0.4, -0.2) is 30.8 Å². The Morgan fingerprint density at radius 1 is 1.50 bits per heavy atom. The van der Waals surface area contributed by atoms with Gasteiger partial charge in [-0.3, -0.25) is 0 Å². The summed E-state index contributed by atoms with van der Waals surface area (Å²) in [6, 6.07) is 0.774. The second-order valence-electron chi connectivity index (χ2n) is 4.33. The zero-order chi connectivity index (χ0) is 13.1. The molecule has 1 aromatic rings. The molecular weight excluding hydrogens is 240 g/mol. The van der Waals surface area contributed by atoms with Crippen LogP contribution in [0.4, 0.5) is 20.4 Å². The monoisotopic (exact) mass is 257 g/mol. The zero-order valence-electron chi connectivity index (χ0n) is 10.3. The second-order valence-corrected chi connectivity index (χ2v) is 4.33. The second kappa shape index (κ2) is 5.48. The third kappa shape index (κ3) is 2.69. The van der Waals surface area contributed by atoms with Crippen molar-refractivity contribution in [2.24, 2.45) is 0 Å². The summed E-state index contributed by atoms with van der Waals surface area (Å²) in [5.41, 5.74) is 5.38. The van der Waals surface area contributed by atoms with Gasteiger partial charge in [-0.2, -0.15) is 0 Å². The van der Waals surface area contributed by atoms with E-state index in [0.717, 1.165) is 25.5 Å². The van der Waals surface area contributed by atoms with Gasteiger partial charge in [-0.1, -0.05) is 0 Å². The van der Waals surface area contributed by atoms with Crippen molar-refractivity contribution in [1.29, 1.82) is 0 Å². The first kappa shape index (κ1) is 13.0. The molecule has 1 unspecified atom stereocenters. The Bertz CT molecular complexity index is 422. The molecule has 1 aliphatic heterocycles. The van der Waals surface area contributed by atoms with E-state index in [1.807, 2.05) is 6.92 Å². The lowest BCUT2D eigenvalue weighted by atomic mass is 10.2.